The highest BCUT2D eigenvalue weighted by Gasteiger charge is 2.18. The Morgan fingerprint density at radius 2 is 0.911 bits per heavy atom. The molecular formula is C41H76N4O11. The molecule has 56 heavy (non-hydrogen) atoms. The normalized spacial score (nSPS) is 11.7. The number of nitrogens with zero attached hydrogens (tertiary/aromatic N) is 1. The number of ether oxygens (including phenoxy) is 4. The van der Waals surface area contributed by atoms with Crippen molar-refractivity contribution in [2.45, 2.75) is 148 Å². The average Bonchev–Trinajstić information content (AvgIpc) is 3.14. The molecule has 0 aromatic rings. The van der Waals surface area contributed by atoms with Crippen LogP contribution < -0.4 is 16.0 Å². The van der Waals surface area contributed by atoms with E-state index in [-0.39, 0.29) is 95.7 Å². The van der Waals surface area contributed by atoms with Crippen molar-refractivity contribution in [3.8, 4) is 0 Å². The van der Waals surface area contributed by atoms with E-state index in [0.29, 0.717) is 18.7 Å². The van der Waals surface area contributed by atoms with E-state index in [1.54, 1.807) is 21.0 Å². The van der Waals surface area contributed by atoms with Crippen LogP contribution >= 0.6 is 0 Å². The van der Waals surface area contributed by atoms with Crippen LogP contribution in [0.5, 0.6) is 0 Å². The highest BCUT2D eigenvalue weighted by molar-refractivity contribution is 5.88. The van der Waals surface area contributed by atoms with E-state index in [1.807, 2.05) is 0 Å². The van der Waals surface area contributed by atoms with Crippen LogP contribution in [-0.2, 0) is 52.6 Å². The maximum Gasteiger partial charge on any atom is 0.350 e. The van der Waals surface area contributed by atoms with Gasteiger partial charge in [-0.05, 0) is 33.1 Å². The Morgan fingerprint density at radius 1 is 0.482 bits per heavy atom. The summed E-state index contributed by atoms with van der Waals surface area (Å²) in [5, 5.41) is 9.48. The van der Waals surface area contributed by atoms with Gasteiger partial charge in [-0.15, -0.1) is 5.06 Å². The first-order chi connectivity index (χ1) is 27.0. The molecule has 0 spiro atoms. The van der Waals surface area contributed by atoms with Gasteiger partial charge < -0.3 is 44.5 Å². The maximum absolute atomic E-state index is 12.4. The van der Waals surface area contributed by atoms with E-state index in [0.717, 1.165) is 32.1 Å². The molecule has 0 aromatic carbocycles. The molecule has 0 aliphatic carbocycles. The lowest BCUT2D eigenvalue weighted by Gasteiger charge is -2.16. The Bertz CT molecular complexity index is 1050. The Kier molecular flexibility index (Phi) is 36.8. The van der Waals surface area contributed by atoms with Crippen molar-refractivity contribution in [2.75, 3.05) is 80.0 Å². The largest absolute Gasteiger partial charge is 0.377 e. The molecule has 0 radical (unpaired) electrons. The molecule has 3 amide bonds. The molecule has 0 bridgehead atoms. The average molecular weight is 801 g/mol. The second-order valence-electron chi connectivity index (χ2n) is 14.4. The van der Waals surface area contributed by atoms with Crippen LogP contribution in [0.15, 0.2) is 0 Å². The molecule has 0 aromatic heterocycles. The van der Waals surface area contributed by atoms with Gasteiger partial charge in [-0.2, -0.15) is 0 Å². The quantitative estimate of drug-likeness (QED) is 0.0569. The second-order valence-corrected chi connectivity index (χ2v) is 14.4. The third kappa shape index (κ3) is 39.3. The van der Waals surface area contributed by atoms with Crippen LogP contribution in [0.1, 0.15) is 142 Å². The Hall–Kier alpha value is -2.98. The predicted octanol–water partition coefficient (Wildman–Crippen LogP) is 4.77. The van der Waals surface area contributed by atoms with Gasteiger partial charge in [-0.3, -0.25) is 19.2 Å². The minimum Gasteiger partial charge on any atom is -0.377 e. The molecule has 326 valence electrons. The molecule has 0 saturated carbocycles. The van der Waals surface area contributed by atoms with Gasteiger partial charge in [-0.1, -0.05) is 89.9 Å². The first kappa shape index (κ1) is 53.0. The Balaban J connectivity index is 3.64. The summed E-state index contributed by atoms with van der Waals surface area (Å²) in [5.41, 5.74) is 0. The van der Waals surface area contributed by atoms with E-state index in [2.05, 4.69) is 16.0 Å². The summed E-state index contributed by atoms with van der Waals surface area (Å²) in [5.74, 6) is -1.04. The van der Waals surface area contributed by atoms with Gasteiger partial charge in [0.15, 0.2) is 5.78 Å². The van der Waals surface area contributed by atoms with E-state index in [4.69, 9.17) is 23.8 Å². The molecule has 3 N–H and O–H groups in total. The van der Waals surface area contributed by atoms with Crippen LogP contribution in [0.2, 0.25) is 0 Å². The zero-order chi connectivity index (χ0) is 41.5. The standard InChI is InChI=1S/C41H76N4O11/c1-35(46)21-19-17-15-13-11-9-7-5-6-8-10-12-14-16-18-20-22-39(49)44-37(36(2)47)23-24-38(48)42-25-27-52-29-31-54-33-40(50)43-26-28-53-30-32-55-34-41(51)56-45(3)4/h37H,5-34H2,1-4H3,(H,42,48)(H,43,50)(H,44,49). The molecule has 0 saturated heterocycles. The van der Waals surface area contributed by atoms with Gasteiger partial charge in [0, 0.05) is 46.4 Å². The van der Waals surface area contributed by atoms with Crippen molar-refractivity contribution < 1.29 is 52.6 Å². The predicted molar refractivity (Wildman–Crippen MR) is 215 cm³/mol. The van der Waals surface area contributed by atoms with Crippen molar-refractivity contribution in [3.63, 3.8) is 0 Å². The number of Topliss-reactive ketones (excluding diaryl/α,β-unsaturated/α-hetero) is 2. The van der Waals surface area contributed by atoms with Crippen LogP contribution in [-0.4, -0.2) is 126 Å². The van der Waals surface area contributed by atoms with Gasteiger partial charge in [0.2, 0.25) is 17.7 Å². The molecule has 0 heterocycles. The number of unbranched alkanes of at least 4 members (excludes halogenated alkanes) is 15. The zero-order valence-electron chi connectivity index (χ0n) is 35.2. The number of carbonyl (C=O) groups is 6. The topological polar surface area (TPSA) is 188 Å². The summed E-state index contributed by atoms with van der Waals surface area (Å²) in [7, 11) is 3.19. The molecule has 1 unspecified atom stereocenters. The van der Waals surface area contributed by atoms with E-state index < -0.39 is 12.0 Å². The van der Waals surface area contributed by atoms with Crippen molar-refractivity contribution in [1.29, 1.82) is 0 Å². The fourth-order valence-corrected chi connectivity index (χ4v) is 5.71. The molecule has 0 fully saturated rings. The van der Waals surface area contributed by atoms with Crippen molar-refractivity contribution >= 4 is 35.3 Å². The fourth-order valence-electron chi connectivity index (χ4n) is 5.71. The number of amides is 3. The van der Waals surface area contributed by atoms with Crippen LogP contribution in [0.25, 0.3) is 0 Å². The van der Waals surface area contributed by atoms with Gasteiger partial charge in [0.1, 0.15) is 19.0 Å². The first-order valence-corrected chi connectivity index (χ1v) is 21.0. The number of hydroxylamine groups is 2. The minimum atomic E-state index is -0.679. The van der Waals surface area contributed by atoms with Crippen molar-refractivity contribution in [3.05, 3.63) is 0 Å². The van der Waals surface area contributed by atoms with Crippen LogP contribution in [0.4, 0.5) is 0 Å². The number of hydrogen-bond acceptors (Lipinski definition) is 12. The van der Waals surface area contributed by atoms with Gasteiger partial charge in [0.25, 0.3) is 0 Å². The van der Waals surface area contributed by atoms with E-state index in [9.17, 15) is 28.8 Å². The summed E-state index contributed by atoms with van der Waals surface area (Å²) in [6.07, 6.45) is 20.7. The second kappa shape index (κ2) is 38.9. The van der Waals surface area contributed by atoms with Crippen molar-refractivity contribution in [1.82, 2.24) is 21.0 Å². The summed E-state index contributed by atoms with van der Waals surface area (Å²) in [4.78, 5) is 75.6. The molecule has 1 atom stereocenters. The minimum absolute atomic E-state index is 0.110. The number of rotatable bonds is 41. The lowest BCUT2D eigenvalue weighted by atomic mass is 10.0. The summed E-state index contributed by atoms with van der Waals surface area (Å²) in [6, 6.07) is -0.679. The number of ketones is 2. The first-order valence-electron chi connectivity index (χ1n) is 21.0. The smallest absolute Gasteiger partial charge is 0.350 e. The molecule has 0 rings (SSSR count). The summed E-state index contributed by atoms with van der Waals surface area (Å²) < 4.78 is 21.1. The van der Waals surface area contributed by atoms with Gasteiger partial charge in [0.05, 0.1) is 45.7 Å². The maximum atomic E-state index is 12.4. The monoisotopic (exact) mass is 801 g/mol. The van der Waals surface area contributed by atoms with E-state index in [1.165, 1.54) is 89.0 Å². The Labute approximate surface area is 336 Å². The molecular weight excluding hydrogens is 724 g/mol. The zero-order valence-corrected chi connectivity index (χ0v) is 35.2. The van der Waals surface area contributed by atoms with Crippen LogP contribution in [0, 0.1) is 0 Å². The summed E-state index contributed by atoms with van der Waals surface area (Å²) >= 11 is 0. The highest BCUT2D eigenvalue weighted by atomic mass is 16.7. The third-order valence-electron chi connectivity index (χ3n) is 8.79. The van der Waals surface area contributed by atoms with Crippen LogP contribution in [0.3, 0.4) is 0 Å². The summed E-state index contributed by atoms with van der Waals surface area (Å²) in [6.45, 7) is 4.88. The lowest BCUT2D eigenvalue weighted by molar-refractivity contribution is -0.183. The number of nitrogens with one attached hydrogen (secondary N) is 3. The molecule has 0 aliphatic rings. The highest BCUT2D eigenvalue weighted by Crippen LogP contribution is 2.14. The molecule has 15 nitrogen and oxygen atoms in total. The fraction of sp³-hybridized carbons (Fsp3) is 0.854. The van der Waals surface area contributed by atoms with Gasteiger partial charge >= 0.3 is 5.97 Å². The number of carbonyl (C=O) groups excluding carboxylic acids is 6. The molecule has 15 heteroatoms. The van der Waals surface area contributed by atoms with Crippen molar-refractivity contribution in [2.24, 2.45) is 0 Å². The number of hydrogen-bond donors (Lipinski definition) is 3. The SMILES string of the molecule is CC(=O)CCCCCCCCCCCCCCCCCCC(=O)NC(CCC(=O)NCCOCCOCC(=O)NCCOCCOCC(=O)ON(C)C)C(C)=O. The molecule has 0 aliphatic heterocycles. The lowest BCUT2D eigenvalue weighted by Crippen LogP contribution is -2.40. The van der Waals surface area contributed by atoms with E-state index >= 15 is 0 Å². The van der Waals surface area contributed by atoms with Gasteiger partial charge in [-0.25, -0.2) is 4.79 Å². The Morgan fingerprint density at radius 3 is 1.38 bits per heavy atom. The third-order valence-corrected chi connectivity index (χ3v) is 8.79.